The number of amides is 1. The molecule has 0 fully saturated rings. The number of primary amides is 1. The Hall–Kier alpha value is -2.76. The number of benzene rings is 1. The van der Waals surface area contributed by atoms with Crippen molar-refractivity contribution < 1.29 is 19.0 Å². The summed E-state index contributed by atoms with van der Waals surface area (Å²) >= 11 is 0. The molecular weight excluding hydrogens is 320 g/mol. The van der Waals surface area contributed by atoms with Gasteiger partial charge in [0.05, 0.1) is 18.9 Å². The molecule has 1 amide bonds. The van der Waals surface area contributed by atoms with E-state index in [0.717, 1.165) is 5.75 Å². The Morgan fingerprint density at radius 2 is 1.68 bits per heavy atom. The van der Waals surface area contributed by atoms with E-state index in [0.29, 0.717) is 30.4 Å². The average Bonchev–Trinajstić information content (AvgIpc) is 2.55. The van der Waals surface area contributed by atoms with E-state index in [1.54, 1.807) is 18.3 Å². The molecule has 134 valence electrons. The predicted molar refractivity (Wildman–Crippen MR) is 95.0 cm³/mol. The topological polar surface area (TPSA) is 83.7 Å². The van der Waals surface area contributed by atoms with Crippen LogP contribution in [0.2, 0.25) is 0 Å². The van der Waals surface area contributed by atoms with Gasteiger partial charge < -0.3 is 19.9 Å². The maximum atomic E-state index is 10.8. The lowest BCUT2D eigenvalue weighted by Gasteiger charge is -2.12. The summed E-state index contributed by atoms with van der Waals surface area (Å²) in [5.74, 6) is 2.28. The molecule has 1 heterocycles. The summed E-state index contributed by atoms with van der Waals surface area (Å²) in [6.45, 7) is 6.27. The first-order valence-corrected chi connectivity index (χ1v) is 8.24. The molecule has 0 unspecified atom stereocenters. The Labute approximate surface area is 147 Å². The number of nitrogens with zero attached hydrogens (tertiary/aromatic N) is 1. The number of aromatic nitrogens is 1. The zero-order valence-corrected chi connectivity index (χ0v) is 14.8. The zero-order valence-electron chi connectivity index (χ0n) is 14.8. The van der Waals surface area contributed by atoms with Crippen LogP contribution >= 0.6 is 0 Å². The normalized spacial score (nSPS) is 11.8. The fraction of sp³-hybridized carbons (Fsp3) is 0.368. The first kappa shape index (κ1) is 18.6. The molecule has 6 heteroatoms. The minimum atomic E-state index is -0.331. The molecule has 2 N–H and O–H groups in total. The van der Waals surface area contributed by atoms with Gasteiger partial charge in [-0.1, -0.05) is 6.92 Å². The van der Waals surface area contributed by atoms with E-state index in [1.807, 2.05) is 45.0 Å². The first-order valence-electron chi connectivity index (χ1n) is 8.24. The molecule has 0 saturated carbocycles. The quantitative estimate of drug-likeness (QED) is 0.752. The molecule has 0 bridgehead atoms. The number of carbonyl (C=O) groups is 1. The van der Waals surface area contributed by atoms with Gasteiger partial charge in [0.25, 0.3) is 0 Å². The summed E-state index contributed by atoms with van der Waals surface area (Å²) in [6, 6.07) is 10.9. The highest BCUT2D eigenvalue weighted by atomic mass is 16.5. The average molecular weight is 344 g/mol. The van der Waals surface area contributed by atoms with Gasteiger partial charge in [0, 0.05) is 12.5 Å². The number of hydrogen-bond donors (Lipinski definition) is 1. The SMILES string of the molecule is CC(C)Oc1ccc(Oc2ccc(OC[C@@H](C)CC(N)=O)cn2)cc1. The van der Waals surface area contributed by atoms with Crippen LogP contribution in [-0.4, -0.2) is 23.6 Å². The van der Waals surface area contributed by atoms with Crippen molar-refractivity contribution in [3.63, 3.8) is 0 Å². The summed E-state index contributed by atoms with van der Waals surface area (Å²) in [7, 11) is 0. The minimum Gasteiger partial charge on any atom is -0.492 e. The molecule has 2 rings (SSSR count). The standard InChI is InChI=1S/C19H24N2O4/c1-13(2)24-15-4-6-16(7-5-15)25-19-9-8-17(11-21-19)23-12-14(3)10-18(20)22/h4-9,11,13-14H,10,12H2,1-3H3,(H2,20,22)/t14-/m0/s1. The predicted octanol–water partition coefficient (Wildman–Crippen LogP) is 3.55. The lowest BCUT2D eigenvalue weighted by atomic mass is 10.1. The Kier molecular flexibility index (Phi) is 6.62. The minimum absolute atomic E-state index is 0.0556. The Balaban J connectivity index is 1.86. The largest absolute Gasteiger partial charge is 0.492 e. The monoisotopic (exact) mass is 344 g/mol. The maximum Gasteiger partial charge on any atom is 0.219 e. The number of carbonyl (C=O) groups excluding carboxylic acids is 1. The van der Waals surface area contributed by atoms with Crippen LogP contribution in [0, 0.1) is 5.92 Å². The van der Waals surface area contributed by atoms with E-state index >= 15 is 0 Å². The zero-order chi connectivity index (χ0) is 18.2. The Morgan fingerprint density at radius 1 is 1.04 bits per heavy atom. The van der Waals surface area contributed by atoms with Crippen LogP contribution in [-0.2, 0) is 4.79 Å². The van der Waals surface area contributed by atoms with Crippen molar-refractivity contribution in [1.82, 2.24) is 4.98 Å². The van der Waals surface area contributed by atoms with Gasteiger partial charge in [-0.2, -0.15) is 0 Å². The molecule has 1 aromatic carbocycles. The third-order valence-electron chi connectivity index (χ3n) is 3.21. The van der Waals surface area contributed by atoms with Gasteiger partial charge in [-0.15, -0.1) is 0 Å². The van der Waals surface area contributed by atoms with E-state index in [9.17, 15) is 4.79 Å². The number of rotatable bonds is 9. The van der Waals surface area contributed by atoms with E-state index in [2.05, 4.69) is 4.98 Å². The van der Waals surface area contributed by atoms with Crippen molar-refractivity contribution in [2.75, 3.05) is 6.61 Å². The fourth-order valence-electron chi connectivity index (χ4n) is 2.13. The Morgan fingerprint density at radius 3 is 2.24 bits per heavy atom. The highest BCUT2D eigenvalue weighted by Crippen LogP contribution is 2.24. The molecule has 1 aromatic heterocycles. The summed E-state index contributed by atoms with van der Waals surface area (Å²) in [4.78, 5) is 15.1. The molecule has 6 nitrogen and oxygen atoms in total. The molecule has 0 spiro atoms. The molecule has 0 aliphatic carbocycles. The maximum absolute atomic E-state index is 10.8. The van der Waals surface area contributed by atoms with Crippen LogP contribution in [0.1, 0.15) is 27.2 Å². The lowest BCUT2D eigenvalue weighted by Crippen LogP contribution is -2.18. The van der Waals surface area contributed by atoms with Crippen LogP contribution in [0.5, 0.6) is 23.1 Å². The van der Waals surface area contributed by atoms with Gasteiger partial charge in [-0.05, 0) is 50.1 Å². The molecule has 0 saturated heterocycles. The molecular formula is C19H24N2O4. The first-order chi connectivity index (χ1) is 11.9. The number of nitrogens with two attached hydrogens (primary N) is 1. The van der Waals surface area contributed by atoms with Crippen molar-refractivity contribution in [2.24, 2.45) is 11.7 Å². The second-order valence-corrected chi connectivity index (χ2v) is 6.16. The van der Waals surface area contributed by atoms with E-state index in [1.165, 1.54) is 0 Å². The molecule has 25 heavy (non-hydrogen) atoms. The molecule has 0 aliphatic rings. The van der Waals surface area contributed by atoms with Crippen molar-refractivity contribution in [1.29, 1.82) is 0 Å². The third-order valence-corrected chi connectivity index (χ3v) is 3.21. The number of ether oxygens (including phenoxy) is 3. The summed E-state index contributed by atoms with van der Waals surface area (Å²) in [5.41, 5.74) is 5.16. The van der Waals surface area contributed by atoms with Crippen molar-refractivity contribution >= 4 is 5.91 Å². The molecule has 2 aromatic rings. The lowest BCUT2D eigenvalue weighted by molar-refractivity contribution is -0.119. The van der Waals surface area contributed by atoms with Crippen LogP contribution in [0.4, 0.5) is 0 Å². The Bertz CT molecular complexity index is 669. The summed E-state index contributed by atoms with van der Waals surface area (Å²) in [5, 5.41) is 0. The fourth-order valence-corrected chi connectivity index (χ4v) is 2.13. The van der Waals surface area contributed by atoms with Gasteiger partial charge in [0.2, 0.25) is 11.8 Å². The van der Waals surface area contributed by atoms with Crippen molar-refractivity contribution in [3.8, 4) is 23.1 Å². The van der Waals surface area contributed by atoms with Crippen LogP contribution in [0.25, 0.3) is 0 Å². The van der Waals surface area contributed by atoms with E-state index in [-0.39, 0.29) is 17.9 Å². The number of hydrogen-bond acceptors (Lipinski definition) is 5. The smallest absolute Gasteiger partial charge is 0.219 e. The third kappa shape index (κ3) is 6.71. The van der Waals surface area contributed by atoms with Crippen LogP contribution in [0.15, 0.2) is 42.6 Å². The second kappa shape index (κ2) is 8.92. The van der Waals surface area contributed by atoms with Crippen LogP contribution < -0.4 is 19.9 Å². The second-order valence-electron chi connectivity index (χ2n) is 6.16. The van der Waals surface area contributed by atoms with Gasteiger partial charge in [0.1, 0.15) is 17.2 Å². The van der Waals surface area contributed by atoms with Crippen molar-refractivity contribution in [3.05, 3.63) is 42.6 Å². The van der Waals surface area contributed by atoms with Gasteiger partial charge in [0.15, 0.2) is 0 Å². The summed E-state index contributed by atoms with van der Waals surface area (Å²) in [6.07, 6.45) is 2.01. The van der Waals surface area contributed by atoms with Gasteiger partial charge in [-0.25, -0.2) is 4.98 Å². The van der Waals surface area contributed by atoms with Gasteiger partial charge >= 0.3 is 0 Å². The van der Waals surface area contributed by atoms with E-state index < -0.39 is 0 Å². The number of pyridine rings is 1. The molecule has 0 aliphatic heterocycles. The summed E-state index contributed by atoms with van der Waals surface area (Å²) < 4.78 is 16.9. The molecule has 1 atom stereocenters. The van der Waals surface area contributed by atoms with Crippen molar-refractivity contribution in [2.45, 2.75) is 33.3 Å². The van der Waals surface area contributed by atoms with Gasteiger partial charge in [-0.3, -0.25) is 4.79 Å². The molecule has 0 radical (unpaired) electrons. The van der Waals surface area contributed by atoms with Crippen LogP contribution in [0.3, 0.4) is 0 Å². The highest BCUT2D eigenvalue weighted by molar-refractivity contribution is 5.73. The van der Waals surface area contributed by atoms with E-state index in [4.69, 9.17) is 19.9 Å². The highest BCUT2D eigenvalue weighted by Gasteiger charge is 2.07.